The number of hydrogen-bond donors (Lipinski definition) is 2. The lowest BCUT2D eigenvalue weighted by atomic mass is 9.85. The van der Waals surface area contributed by atoms with Gasteiger partial charge in [0.15, 0.2) is 0 Å². The molecule has 6 heteroatoms. The second-order valence-electron chi connectivity index (χ2n) is 10.6. The molecule has 2 aliphatic rings. The van der Waals surface area contributed by atoms with Crippen LogP contribution in [0.3, 0.4) is 0 Å². The number of nitrogens with one attached hydrogen (secondary N) is 1. The Hall–Kier alpha value is -1.40. The maximum absolute atomic E-state index is 13.0. The SMILES string of the molecule is C[C@H](NS(=O)(=O)C[C@@H](N=Cc1c(O)ccc2c1CCCC2)C(C)(C)C)C1CCCCC1. The van der Waals surface area contributed by atoms with Crippen LogP contribution in [-0.4, -0.2) is 37.6 Å². The van der Waals surface area contributed by atoms with E-state index in [4.69, 9.17) is 4.99 Å². The van der Waals surface area contributed by atoms with Crippen molar-refractivity contribution < 1.29 is 13.5 Å². The summed E-state index contributed by atoms with van der Waals surface area (Å²) in [5, 5.41) is 10.5. The first-order valence-corrected chi connectivity index (χ1v) is 13.6. The van der Waals surface area contributed by atoms with Crippen LogP contribution in [0.5, 0.6) is 5.75 Å². The molecule has 174 valence electrons. The van der Waals surface area contributed by atoms with Crippen molar-refractivity contribution in [1.82, 2.24) is 4.72 Å². The normalized spacial score (nSPS) is 20.5. The molecule has 2 aliphatic carbocycles. The minimum atomic E-state index is -3.47. The summed E-state index contributed by atoms with van der Waals surface area (Å²) in [7, 11) is -3.47. The van der Waals surface area contributed by atoms with E-state index in [9.17, 15) is 13.5 Å². The van der Waals surface area contributed by atoms with Crippen molar-refractivity contribution >= 4 is 16.2 Å². The Balaban J connectivity index is 1.77. The quantitative estimate of drug-likeness (QED) is 0.577. The summed E-state index contributed by atoms with van der Waals surface area (Å²) in [5.74, 6) is 0.608. The zero-order valence-corrected chi connectivity index (χ0v) is 20.5. The maximum atomic E-state index is 13.0. The molecule has 1 saturated carbocycles. The molecule has 0 unspecified atom stereocenters. The number of sulfonamides is 1. The van der Waals surface area contributed by atoms with E-state index >= 15 is 0 Å². The Morgan fingerprint density at radius 1 is 1.13 bits per heavy atom. The van der Waals surface area contributed by atoms with Crippen molar-refractivity contribution in [3.8, 4) is 5.75 Å². The fourth-order valence-corrected chi connectivity index (χ4v) is 6.80. The van der Waals surface area contributed by atoms with E-state index < -0.39 is 16.1 Å². The van der Waals surface area contributed by atoms with E-state index in [2.05, 4.69) is 4.72 Å². The van der Waals surface area contributed by atoms with Gasteiger partial charge in [-0.15, -0.1) is 0 Å². The van der Waals surface area contributed by atoms with E-state index in [0.717, 1.165) is 43.2 Å². The highest BCUT2D eigenvalue weighted by atomic mass is 32.2. The number of hydrogen-bond acceptors (Lipinski definition) is 4. The van der Waals surface area contributed by atoms with Crippen LogP contribution < -0.4 is 4.72 Å². The maximum Gasteiger partial charge on any atom is 0.213 e. The number of aryl methyl sites for hydroxylation is 1. The number of rotatable bonds is 7. The average molecular weight is 449 g/mol. The lowest BCUT2D eigenvalue weighted by molar-refractivity contribution is 0.301. The van der Waals surface area contributed by atoms with Gasteiger partial charge in [-0.2, -0.15) is 0 Å². The molecule has 0 spiro atoms. The number of phenolic OH excluding ortho intramolecular Hbond substituents is 1. The molecule has 3 rings (SSSR count). The molecule has 1 fully saturated rings. The van der Waals surface area contributed by atoms with Gasteiger partial charge < -0.3 is 5.11 Å². The molecule has 5 nitrogen and oxygen atoms in total. The third kappa shape index (κ3) is 6.55. The van der Waals surface area contributed by atoms with Gasteiger partial charge in [-0.3, -0.25) is 4.99 Å². The predicted octanol–water partition coefficient (Wildman–Crippen LogP) is 4.99. The zero-order valence-electron chi connectivity index (χ0n) is 19.7. The first-order chi connectivity index (χ1) is 14.6. The Kier molecular flexibility index (Phi) is 7.85. The van der Waals surface area contributed by atoms with Crippen LogP contribution in [0.15, 0.2) is 17.1 Å². The van der Waals surface area contributed by atoms with Crippen LogP contribution in [0, 0.1) is 11.3 Å². The number of benzene rings is 1. The monoisotopic (exact) mass is 448 g/mol. The smallest absolute Gasteiger partial charge is 0.213 e. The number of aliphatic imine (C=N–C) groups is 1. The second-order valence-corrected chi connectivity index (χ2v) is 12.4. The second kappa shape index (κ2) is 10.0. The van der Waals surface area contributed by atoms with Crippen LogP contribution in [0.1, 0.15) is 89.3 Å². The number of phenols is 1. The predicted molar refractivity (Wildman–Crippen MR) is 129 cm³/mol. The van der Waals surface area contributed by atoms with Crippen LogP contribution >= 0.6 is 0 Å². The van der Waals surface area contributed by atoms with E-state index in [-0.39, 0.29) is 23.0 Å². The van der Waals surface area contributed by atoms with Gasteiger partial charge >= 0.3 is 0 Å². The van der Waals surface area contributed by atoms with Gasteiger partial charge in [0.1, 0.15) is 5.75 Å². The minimum Gasteiger partial charge on any atom is -0.507 e. The van der Waals surface area contributed by atoms with Crippen LogP contribution in [0.4, 0.5) is 0 Å². The van der Waals surface area contributed by atoms with Crippen LogP contribution in [0.25, 0.3) is 0 Å². The molecule has 31 heavy (non-hydrogen) atoms. The highest BCUT2D eigenvalue weighted by Crippen LogP contribution is 2.31. The summed E-state index contributed by atoms with van der Waals surface area (Å²) >= 11 is 0. The molecule has 0 bridgehead atoms. The van der Waals surface area contributed by atoms with Crippen molar-refractivity contribution in [2.75, 3.05) is 5.75 Å². The summed E-state index contributed by atoms with van der Waals surface area (Å²) in [5.41, 5.74) is 2.87. The largest absolute Gasteiger partial charge is 0.507 e. The van der Waals surface area contributed by atoms with Gasteiger partial charge in [0.2, 0.25) is 10.0 Å². The van der Waals surface area contributed by atoms with Gasteiger partial charge in [0.05, 0.1) is 11.8 Å². The summed E-state index contributed by atoms with van der Waals surface area (Å²) in [6.45, 7) is 8.07. The number of fused-ring (bicyclic) bond motifs is 1. The summed E-state index contributed by atoms with van der Waals surface area (Å²) in [6.07, 6.45) is 11.8. The van der Waals surface area contributed by atoms with Crippen LogP contribution in [-0.2, 0) is 22.9 Å². The lowest BCUT2D eigenvalue weighted by Crippen LogP contribution is -2.44. The molecule has 0 aliphatic heterocycles. The summed E-state index contributed by atoms with van der Waals surface area (Å²) in [4.78, 5) is 4.73. The van der Waals surface area contributed by atoms with Gasteiger partial charge in [-0.25, -0.2) is 13.1 Å². The summed E-state index contributed by atoms with van der Waals surface area (Å²) < 4.78 is 29.0. The molecule has 0 heterocycles. The molecular weight excluding hydrogens is 408 g/mol. The molecule has 1 aromatic carbocycles. The van der Waals surface area contributed by atoms with E-state index in [1.807, 2.05) is 33.8 Å². The fourth-order valence-electron chi connectivity index (χ4n) is 4.94. The first kappa shape index (κ1) is 24.2. The molecule has 2 atom stereocenters. The Morgan fingerprint density at radius 2 is 1.81 bits per heavy atom. The molecule has 0 amide bonds. The van der Waals surface area contributed by atoms with Crippen molar-refractivity contribution in [3.63, 3.8) is 0 Å². The molecule has 0 aromatic heterocycles. The Labute approximate surface area is 188 Å². The average Bonchev–Trinajstić information content (AvgIpc) is 2.71. The van der Waals surface area contributed by atoms with Gasteiger partial charge in [0.25, 0.3) is 0 Å². The lowest BCUT2D eigenvalue weighted by Gasteiger charge is -2.31. The van der Waals surface area contributed by atoms with E-state index in [1.54, 1.807) is 12.3 Å². The van der Waals surface area contributed by atoms with E-state index in [0.29, 0.717) is 5.92 Å². The third-order valence-electron chi connectivity index (χ3n) is 7.04. The van der Waals surface area contributed by atoms with Gasteiger partial charge in [-0.1, -0.05) is 46.1 Å². The number of nitrogens with zero attached hydrogens (tertiary/aromatic N) is 1. The fraction of sp³-hybridized carbons (Fsp3) is 0.720. The number of aromatic hydroxyl groups is 1. The molecule has 0 saturated heterocycles. The minimum absolute atomic E-state index is 0.0416. The highest BCUT2D eigenvalue weighted by molar-refractivity contribution is 7.89. The molecular formula is C25H40N2O3S. The van der Waals surface area contributed by atoms with Gasteiger partial charge in [0, 0.05) is 17.8 Å². The van der Waals surface area contributed by atoms with Crippen molar-refractivity contribution in [2.45, 2.75) is 97.6 Å². The van der Waals surface area contributed by atoms with E-state index in [1.165, 1.54) is 31.2 Å². The van der Waals surface area contributed by atoms with Gasteiger partial charge in [-0.05, 0) is 74.0 Å². The zero-order chi connectivity index (χ0) is 22.6. The topological polar surface area (TPSA) is 78.8 Å². The van der Waals surface area contributed by atoms with Crippen molar-refractivity contribution in [3.05, 3.63) is 28.8 Å². The molecule has 1 aromatic rings. The first-order valence-electron chi connectivity index (χ1n) is 11.9. The van der Waals surface area contributed by atoms with Crippen molar-refractivity contribution in [1.29, 1.82) is 0 Å². The summed E-state index contributed by atoms with van der Waals surface area (Å²) in [6, 6.07) is 3.30. The standard InChI is InChI=1S/C25H40N2O3S/c1-18(19-10-6-5-7-11-19)27-31(29,30)17-24(25(2,3)4)26-16-22-21-13-9-8-12-20(21)14-15-23(22)28/h14-16,18-19,24,27-28H,5-13,17H2,1-4H3/t18-,24+/m0/s1. The third-order valence-corrected chi connectivity index (χ3v) is 8.52. The highest BCUT2D eigenvalue weighted by Gasteiger charge is 2.31. The van der Waals surface area contributed by atoms with Crippen molar-refractivity contribution in [2.24, 2.45) is 16.3 Å². The van der Waals surface area contributed by atoms with Crippen LogP contribution in [0.2, 0.25) is 0 Å². The molecule has 2 N–H and O–H groups in total. The Morgan fingerprint density at radius 3 is 2.48 bits per heavy atom. The molecule has 0 radical (unpaired) electrons. The Bertz CT molecular complexity index is 881.